The molecule has 0 amide bonds. The van der Waals surface area contributed by atoms with E-state index in [0.717, 1.165) is 5.56 Å². The lowest BCUT2D eigenvalue weighted by atomic mass is 10.1. The molecule has 2 aromatic rings. The number of carbonyl (C=O) groups is 1. The Bertz CT molecular complexity index is 615. The molecular weight excluding hydrogens is 250 g/mol. The van der Waals surface area contributed by atoms with E-state index in [-0.39, 0.29) is 6.42 Å². The average molecular weight is 268 g/mol. The first-order valence-electron chi connectivity index (χ1n) is 6.60. The molecule has 0 unspecified atom stereocenters. The smallest absolute Gasteiger partial charge is 0.309 e. The van der Waals surface area contributed by atoms with E-state index in [4.69, 9.17) is 5.11 Å². The first-order valence-corrected chi connectivity index (χ1v) is 6.60. The van der Waals surface area contributed by atoms with Gasteiger partial charge in [0.05, 0.1) is 0 Å². The van der Waals surface area contributed by atoms with Gasteiger partial charge >= 0.3 is 5.97 Å². The van der Waals surface area contributed by atoms with Crippen molar-refractivity contribution < 1.29 is 14.5 Å². The Kier molecular flexibility index (Phi) is 4.66. The van der Waals surface area contributed by atoms with Crippen LogP contribution in [-0.4, -0.2) is 11.1 Å². The molecule has 1 aromatic carbocycles. The van der Waals surface area contributed by atoms with Crippen LogP contribution in [0.5, 0.6) is 0 Å². The van der Waals surface area contributed by atoms with Gasteiger partial charge < -0.3 is 5.11 Å². The summed E-state index contributed by atoms with van der Waals surface area (Å²) in [4.78, 5) is 10.5. The number of aryl methyl sites for hydroxylation is 2. The lowest BCUT2D eigenvalue weighted by Crippen LogP contribution is -2.33. The van der Waals surface area contributed by atoms with Gasteiger partial charge in [0.15, 0.2) is 18.9 Å². The molecule has 3 heteroatoms. The minimum Gasteiger partial charge on any atom is -0.481 e. The summed E-state index contributed by atoms with van der Waals surface area (Å²) in [6, 6.07) is 12.2. The molecule has 1 aromatic heterocycles. The highest BCUT2D eigenvalue weighted by Gasteiger charge is 2.03. The van der Waals surface area contributed by atoms with Crippen molar-refractivity contribution in [3.8, 4) is 0 Å². The maximum atomic E-state index is 10.5. The van der Waals surface area contributed by atoms with Crippen molar-refractivity contribution in [2.75, 3.05) is 0 Å². The number of aromatic nitrogens is 1. The van der Waals surface area contributed by atoms with E-state index in [1.54, 1.807) is 0 Å². The highest BCUT2D eigenvalue weighted by molar-refractivity contribution is 5.70. The second kappa shape index (κ2) is 6.66. The van der Waals surface area contributed by atoms with Crippen molar-refractivity contribution in [1.29, 1.82) is 0 Å². The Hall–Kier alpha value is -2.42. The Balaban J connectivity index is 2.04. The van der Waals surface area contributed by atoms with Crippen LogP contribution >= 0.6 is 0 Å². The monoisotopic (exact) mass is 268 g/mol. The SMILES string of the molecule is Cc1ccccc1/C=C\c1cc[n+](CCC(=O)O)cc1. The van der Waals surface area contributed by atoms with Crippen molar-refractivity contribution in [2.24, 2.45) is 0 Å². The van der Waals surface area contributed by atoms with Crippen LogP contribution in [0.15, 0.2) is 48.8 Å². The Morgan fingerprint density at radius 1 is 1.15 bits per heavy atom. The van der Waals surface area contributed by atoms with Crippen molar-refractivity contribution in [2.45, 2.75) is 19.9 Å². The number of carboxylic acids is 1. The van der Waals surface area contributed by atoms with Crippen molar-refractivity contribution in [3.05, 3.63) is 65.5 Å². The molecule has 3 nitrogen and oxygen atoms in total. The molecule has 0 fully saturated rings. The zero-order valence-corrected chi connectivity index (χ0v) is 11.5. The second-order valence-corrected chi connectivity index (χ2v) is 4.70. The van der Waals surface area contributed by atoms with Crippen LogP contribution in [0, 0.1) is 6.92 Å². The van der Waals surface area contributed by atoms with Gasteiger partial charge in [0.25, 0.3) is 0 Å². The molecule has 102 valence electrons. The normalized spacial score (nSPS) is 10.8. The van der Waals surface area contributed by atoms with Crippen LogP contribution in [0.3, 0.4) is 0 Å². The van der Waals surface area contributed by atoms with Gasteiger partial charge in [-0.3, -0.25) is 4.79 Å². The number of nitrogens with zero attached hydrogens (tertiary/aromatic N) is 1. The van der Waals surface area contributed by atoms with Crippen molar-refractivity contribution in [3.63, 3.8) is 0 Å². The van der Waals surface area contributed by atoms with Gasteiger partial charge in [-0.05, 0) is 23.6 Å². The van der Waals surface area contributed by atoms with Gasteiger partial charge in [0.2, 0.25) is 0 Å². The molecular formula is C17H18NO2+. The van der Waals surface area contributed by atoms with Crippen LogP contribution in [0.4, 0.5) is 0 Å². The molecule has 0 aliphatic carbocycles. The molecule has 20 heavy (non-hydrogen) atoms. The summed E-state index contributed by atoms with van der Waals surface area (Å²) in [5.41, 5.74) is 3.55. The zero-order chi connectivity index (χ0) is 14.4. The molecule has 0 radical (unpaired) electrons. The van der Waals surface area contributed by atoms with Crippen molar-refractivity contribution >= 4 is 18.1 Å². The van der Waals surface area contributed by atoms with Crippen LogP contribution in [0.2, 0.25) is 0 Å². The van der Waals surface area contributed by atoms with Gasteiger partial charge in [-0.15, -0.1) is 0 Å². The fourth-order valence-corrected chi connectivity index (χ4v) is 1.91. The second-order valence-electron chi connectivity index (χ2n) is 4.70. The Morgan fingerprint density at radius 2 is 1.85 bits per heavy atom. The molecule has 0 saturated carbocycles. The summed E-state index contributed by atoms with van der Waals surface area (Å²) in [7, 11) is 0. The Morgan fingerprint density at radius 3 is 2.50 bits per heavy atom. The van der Waals surface area contributed by atoms with E-state index in [1.165, 1.54) is 11.1 Å². The van der Waals surface area contributed by atoms with E-state index in [9.17, 15) is 4.79 Å². The molecule has 2 rings (SSSR count). The molecule has 0 bridgehead atoms. The van der Waals surface area contributed by atoms with E-state index in [1.807, 2.05) is 41.2 Å². The molecule has 0 atom stereocenters. The van der Waals surface area contributed by atoms with Gasteiger partial charge in [0, 0.05) is 12.1 Å². The van der Waals surface area contributed by atoms with Gasteiger partial charge in [0.1, 0.15) is 6.42 Å². The number of carboxylic acid groups (broad SMARTS) is 1. The molecule has 0 spiro atoms. The third-order valence-electron chi connectivity index (χ3n) is 3.14. The lowest BCUT2D eigenvalue weighted by Gasteiger charge is -1.99. The van der Waals surface area contributed by atoms with Crippen LogP contribution in [0.1, 0.15) is 23.1 Å². The third kappa shape index (κ3) is 4.05. The number of aliphatic carboxylic acids is 1. The van der Waals surface area contributed by atoms with Gasteiger partial charge in [-0.2, -0.15) is 0 Å². The maximum Gasteiger partial charge on any atom is 0.309 e. The molecule has 1 heterocycles. The van der Waals surface area contributed by atoms with Crippen LogP contribution in [-0.2, 0) is 11.3 Å². The molecule has 0 aliphatic heterocycles. The Labute approximate surface area is 118 Å². The lowest BCUT2D eigenvalue weighted by molar-refractivity contribution is -0.696. The predicted molar refractivity (Wildman–Crippen MR) is 79.0 cm³/mol. The summed E-state index contributed by atoms with van der Waals surface area (Å²) in [5.74, 6) is -0.777. The minimum absolute atomic E-state index is 0.142. The fraction of sp³-hybridized carbons (Fsp3) is 0.176. The standard InChI is InChI=1S/C17H17NO2/c1-14-4-2-3-5-16(14)7-6-15-8-11-18(12-9-15)13-10-17(19)20/h2-9,11-12H,10,13H2,1H3/p+1/b7-6-. The number of benzene rings is 1. The van der Waals surface area contributed by atoms with E-state index in [2.05, 4.69) is 31.2 Å². The largest absolute Gasteiger partial charge is 0.481 e. The summed E-state index contributed by atoms with van der Waals surface area (Å²) >= 11 is 0. The number of pyridine rings is 1. The summed E-state index contributed by atoms with van der Waals surface area (Å²) < 4.78 is 1.87. The van der Waals surface area contributed by atoms with Gasteiger partial charge in [-0.25, -0.2) is 4.57 Å². The first-order chi connectivity index (χ1) is 9.65. The van der Waals surface area contributed by atoms with E-state index < -0.39 is 5.97 Å². The zero-order valence-electron chi connectivity index (χ0n) is 11.5. The number of rotatable bonds is 5. The highest BCUT2D eigenvalue weighted by Crippen LogP contribution is 2.11. The van der Waals surface area contributed by atoms with Crippen molar-refractivity contribution in [1.82, 2.24) is 0 Å². The van der Waals surface area contributed by atoms with Gasteiger partial charge in [-0.1, -0.05) is 36.4 Å². The number of hydrogen-bond donors (Lipinski definition) is 1. The topological polar surface area (TPSA) is 41.2 Å². The number of hydrogen-bond acceptors (Lipinski definition) is 1. The third-order valence-corrected chi connectivity index (χ3v) is 3.14. The fourth-order valence-electron chi connectivity index (χ4n) is 1.91. The van der Waals surface area contributed by atoms with E-state index >= 15 is 0 Å². The molecule has 1 N–H and O–H groups in total. The molecule has 0 aliphatic rings. The first kappa shape index (κ1) is 14.0. The van der Waals surface area contributed by atoms with Crippen LogP contribution < -0.4 is 4.57 Å². The summed E-state index contributed by atoms with van der Waals surface area (Å²) in [6.45, 7) is 2.58. The van der Waals surface area contributed by atoms with E-state index in [0.29, 0.717) is 6.54 Å². The predicted octanol–water partition coefficient (Wildman–Crippen LogP) is 2.93. The summed E-state index contributed by atoms with van der Waals surface area (Å²) in [5, 5.41) is 8.64. The maximum absolute atomic E-state index is 10.5. The minimum atomic E-state index is -0.777. The quantitative estimate of drug-likeness (QED) is 0.847. The highest BCUT2D eigenvalue weighted by atomic mass is 16.4. The summed E-state index contributed by atoms with van der Waals surface area (Å²) in [6.07, 6.45) is 8.10. The molecule has 0 saturated heterocycles. The van der Waals surface area contributed by atoms with Crippen LogP contribution in [0.25, 0.3) is 12.2 Å². The average Bonchev–Trinajstić information content (AvgIpc) is 2.45.